The summed E-state index contributed by atoms with van der Waals surface area (Å²) in [6.07, 6.45) is 0. The van der Waals surface area contributed by atoms with Gasteiger partial charge in [0.1, 0.15) is 11.8 Å². The second-order valence-electron chi connectivity index (χ2n) is 4.41. The van der Waals surface area contributed by atoms with Gasteiger partial charge in [0.05, 0.1) is 18.4 Å². The van der Waals surface area contributed by atoms with Gasteiger partial charge in [0.15, 0.2) is 0 Å². The summed E-state index contributed by atoms with van der Waals surface area (Å²) < 4.78 is 6.53. The first-order valence-corrected chi connectivity index (χ1v) is 7.32. The summed E-state index contributed by atoms with van der Waals surface area (Å²) in [6, 6.07) is 16.0. The molecule has 0 heterocycles. The van der Waals surface area contributed by atoms with Crippen LogP contribution in [-0.4, -0.2) is 7.11 Å². The van der Waals surface area contributed by atoms with Crippen molar-refractivity contribution >= 4 is 28.3 Å². The summed E-state index contributed by atoms with van der Waals surface area (Å²) in [5.74, 6) is 0.682. The number of nitrogens with one attached hydrogen (secondary N) is 1. The second kappa shape index (κ2) is 6.62. The number of anilines is 1. The standard InChI is InChI=1S/C16H15IN2O/c1-11(12-6-8-14(17)9-7-12)19-16-13(10-18)4-3-5-15(16)20-2/h3-9,11,19H,1-2H3. The van der Waals surface area contributed by atoms with Crippen molar-refractivity contribution in [3.8, 4) is 11.8 Å². The minimum Gasteiger partial charge on any atom is -0.495 e. The Morgan fingerprint density at radius 1 is 1.20 bits per heavy atom. The molecule has 0 aliphatic heterocycles. The number of halogens is 1. The van der Waals surface area contributed by atoms with Gasteiger partial charge in [-0.25, -0.2) is 0 Å². The molecule has 0 radical (unpaired) electrons. The maximum Gasteiger partial charge on any atom is 0.143 e. The van der Waals surface area contributed by atoms with Gasteiger partial charge in [-0.1, -0.05) is 18.2 Å². The van der Waals surface area contributed by atoms with Crippen LogP contribution in [-0.2, 0) is 0 Å². The van der Waals surface area contributed by atoms with Gasteiger partial charge >= 0.3 is 0 Å². The van der Waals surface area contributed by atoms with E-state index in [4.69, 9.17) is 4.74 Å². The van der Waals surface area contributed by atoms with E-state index in [1.807, 2.05) is 12.1 Å². The Morgan fingerprint density at radius 2 is 1.90 bits per heavy atom. The van der Waals surface area contributed by atoms with Gasteiger partial charge in [-0.05, 0) is 59.3 Å². The van der Waals surface area contributed by atoms with Crippen molar-refractivity contribution in [2.75, 3.05) is 12.4 Å². The van der Waals surface area contributed by atoms with E-state index in [9.17, 15) is 5.26 Å². The van der Waals surface area contributed by atoms with Gasteiger partial charge < -0.3 is 10.1 Å². The Bertz CT molecular complexity index is 632. The monoisotopic (exact) mass is 378 g/mol. The smallest absolute Gasteiger partial charge is 0.143 e. The van der Waals surface area contributed by atoms with E-state index in [-0.39, 0.29) is 6.04 Å². The topological polar surface area (TPSA) is 45.0 Å². The number of methoxy groups -OCH3 is 1. The molecule has 4 heteroatoms. The van der Waals surface area contributed by atoms with Crippen LogP contribution in [0.5, 0.6) is 5.75 Å². The van der Waals surface area contributed by atoms with Crippen molar-refractivity contribution in [1.82, 2.24) is 0 Å². The van der Waals surface area contributed by atoms with Crippen molar-refractivity contribution in [1.29, 1.82) is 5.26 Å². The number of benzene rings is 2. The lowest BCUT2D eigenvalue weighted by Crippen LogP contribution is -2.09. The van der Waals surface area contributed by atoms with Crippen molar-refractivity contribution in [2.45, 2.75) is 13.0 Å². The zero-order valence-corrected chi connectivity index (χ0v) is 13.5. The summed E-state index contributed by atoms with van der Waals surface area (Å²) in [5.41, 5.74) is 2.49. The number of hydrogen-bond acceptors (Lipinski definition) is 3. The summed E-state index contributed by atoms with van der Waals surface area (Å²) >= 11 is 2.28. The van der Waals surface area contributed by atoms with Crippen LogP contribution in [0, 0.1) is 14.9 Å². The molecule has 0 aromatic heterocycles. The molecule has 2 rings (SSSR count). The molecule has 0 amide bonds. The van der Waals surface area contributed by atoms with Gasteiger partial charge in [-0.3, -0.25) is 0 Å². The minimum atomic E-state index is 0.0930. The Labute approximate surface area is 132 Å². The molecule has 2 aromatic rings. The van der Waals surface area contributed by atoms with E-state index in [0.29, 0.717) is 11.3 Å². The molecule has 20 heavy (non-hydrogen) atoms. The molecular weight excluding hydrogens is 363 g/mol. The van der Waals surface area contributed by atoms with Crippen LogP contribution >= 0.6 is 22.6 Å². The van der Waals surface area contributed by atoms with Crippen molar-refractivity contribution in [2.24, 2.45) is 0 Å². The van der Waals surface area contributed by atoms with Crippen LogP contribution in [0.1, 0.15) is 24.1 Å². The lowest BCUT2D eigenvalue weighted by molar-refractivity contribution is 0.416. The quantitative estimate of drug-likeness (QED) is 0.805. The van der Waals surface area contributed by atoms with Crippen LogP contribution in [0.4, 0.5) is 5.69 Å². The predicted molar refractivity (Wildman–Crippen MR) is 88.9 cm³/mol. The molecule has 0 spiro atoms. The number of rotatable bonds is 4. The van der Waals surface area contributed by atoms with Gasteiger partial charge in [0, 0.05) is 9.61 Å². The first-order valence-electron chi connectivity index (χ1n) is 6.25. The molecule has 0 saturated heterocycles. The first kappa shape index (κ1) is 14.7. The molecule has 0 aliphatic carbocycles. The fourth-order valence-electron chi connectivity index (χ4n) is 1.99. The third kappa shape index (κ3) is 3.23. The molecule has 3 nitrogen and oxygen atoms in total. The highest BCUT2D eigenvalue weighted by Gasteiger charge is 2.12. The maximum absolute atomic E-state index is 9.21. The lowest BCUT2D eigenvalue weighted by Gasteiger charge is -2.19. The van der Waals surface area contributed by atoms with Crippen LogP contribution in [0.3, 0.4) is 0 Å². The molecule has 0 fully saturated rings. The summed E-state index contributed by atoms with van der Waals surface area (Å²) in [7, 11) is 1.61. The lowest BCUT2D eigenvalue weighted by atomic mass is 10.1. The van der Waals surface area contributed by atoms with E-state index in [0.717, 1.165) is 5.69 Å². The Kier molecular flexibility index (Phi) is 4.85. The first-order chi connectivity index (χ1) is 9.65. The molecule has 0 aliphatic rings. The number of para-hydroxylation sites is 1. The highest BCUT2D eigenvalue weighted by atomic mass is 127. The summed E-state index contributed by atoms with van der Waals surface area (Å²) in [4.78, 5) is 0. The van der Waals surface area contributed by atoms with E-state index >= 15 is 0 Å². The van der Waals surface area contributed by atoms with E-state index in [1.165, 1.54) is 9.13 Å². The molecule has 1 atom stereocenters. The highest BCUT2D eigenvalue weighted by molar-refractivity contribution is 14.1. The fourth-order valence-corrected chi connectivity index (χ4v) is 2.35. The SMILES string of the molecule is COc1cccc(C#N)c1NC(C)c1ccc(I)cc1. The van der Waals surface area contributed by atoms with Gasteiger partial charge in [-0.2, -0.15) is 5.26 Å². The van der Waals surface area contributed by atoms with Crippen molar-refractivity contribution < 1.29 is 4.74 Å². The zero-order chi connectivity index (χ0) is 14.5. The summed E-state index contributed by atoms with van der Waals surface area (Å²) in [6.45, 7) is 2.07. The van der Waals surface area contributed by atoms with Crippen molar-refractivity contribution in [3.05, 3.63) is 57.2 Å². The number of ether oxygens (including phenoxy) is 1. The molecule has 1 unspecified atom stereocenters. The Morgan fingerprint density at radius 3 is 2.50 bits per heavy atom. The number of nitrogens with zero attached hydrogens (tertiary/aromatic N) is 1. The average Bonchev–Trinajstić information content (AvgIpc) is 2.48. The third-order valence-electron chi connectivity index (χ3n) is 3.10. The van der Waals surface area contributed by atoms with E-state index in [2.05, 4.69) is 65.2 Å². The molecule has 102 valence electrons. The largest absolute Gasteiger partial charge is 0.495 e. The Hall–Kier alpha value is -1.74. The predicted octanol–water partition coefficient (Wildman–Crippen LogP) is 4.34. The van der Waals surface area contributed by atoms with Crippen molar-refractivity contribution in [3.63, 3.8) is 0 Å². The molecule has 0 bridgehead atoms. The fraction of sp³-hybridized carbons (Fsp3) is 0.188. The second-order valence-corrected chi connectivity index (χ2v) is 5.66. The van der Waals surface area contributed by atoms with E-state index in [1.54, 1.807) is 13.2 Å². The van der Waals surface area contributed by atoms with Crippen LogP contribution in [0.2, 0.25) is 0 Å². The minimum absolute atomic E-state index is 0.0930. The summed E-state index contributed by atoms with van der Waals surface area (Å²) in [5, 5.41) is 12.6. The van der Waals surface area contributed by atoms with Crippen LogP contribution in [0.25, 0.3) is 0 Å². The average molecular weight is 378 g/mol. The maximum atomic E-state index is 9.21. The van der Waals surface area contributed by atoms with E-state index < -0.39 is 0 Å². The Balaban J connectivity index is 2.30. The highest BCUT2D eigenvalue weighted by Crippen LogP contribution is 2.31. The zero-order valence-electron chi connectivity index (χ0n) is 11.4. The normalized spacial score (nSPS) is 11.5. The van der Waals surface area contributed by atoms with Crippen LogP contribution in [0.15, 0.2) is 42.5 Å². The third-order valence-corrected chi connectivity index (χ3v) is 3.82. The van der Waals surface area contributed by atoms with Gasteiger partial charge in [-0.15, -0.1) is 0 Å². The van der Waals surface area contributed by atoms with Gasteiger partial charge in [0.2, 0.25) is 0 Å². The number of hydrogen-bond donors (Lipinski definition) is 1. The number of nitriles is 1. The molecule has 1 N–H and O–H groups in total. The van der Waals surface area contributed by atoms with Gasteiger partial charge in [0.25, 0.3) is 0 Å². The molecule has 2 aromatic carbocycles. The molecular formula is C16H15IN2O. The van der Waals surface area contributed by atoms with Crippen LogP contribution < -0.4 is 10.1 Å². The molecule has 0 saturated carbocycles.